The minimum absolute atomic E-state index is 0.130. The van der Waals surface area contributed by atoms with Crippen molar-refractivity contribution in [3.63, 3.8) is 0 Å². The van der Waals surface area contributed by atoms with E-state index in [-0.39, 0.29) is 5.84 Å². The SMILES string of the molecule is Cc1cc(C)c(C(N)=NO)c(N(C)CC2CCCCC2)n1. The summed E-state index contributed by atoms with van der Waals surface area (Å²) >= 11 is 0. The molecule has 0 spiro atoms. The number of anilines is 1. The van der Waals surface area contributed by atoms with Crippen molar-refractivity contribution in [1.29, 1.82) is 0 Å². The molecule has 0 amide bonds. The standard InChI is InChI=1S/C16H26N4O/c1-11-9-12(2)18-16(14(11)15(17)19-21)20(3)10-13-7-5-4-6-8-13/h9,13,21H,4-8,10H2,1-3H3,(H2,17,19). The number of nitrogens with two attached hydrogens (primary N) is 1. The Morgan fingerprint density at radius 2 is 2.05 bits per heavy atom. The maximum atomic E-state index is 9.03. The van der Waals surface area contributed by atoms with Gasteiger partial charge in [-0.25, -0.2) is 4.98 Å². The van der Waals surface area contributed by atoms with Crippen molar-refractivity contribution < 1.29 is 5.21 Å². The van der Waals surface area contributed by atoms with E-state index in [9.17, 15) is 0 Å². The largest absolute Gasteiger partial charge is 0.409 e. The van der Waals surface area contributed by atoms with Crippen LogP contribution >= 0.6 is 0 Å². The van der Waals surface area contributed by atoms with Crippen LogP contribution in [0.25, 0.3) is 0 Å². The van der Waals surface area contributed by atoms with Gasteiger partial charge in [-0.05, 0) is 44.2 Å². The molecule has 0 unspecified atom stereocenters. The number of hydrogen-bond donors (Lipinski definition) is 2. The van der Waals surface area contributed by atoms with Crippen molar-refractivity contribution in [2.45, 2.75) is 46.0 Å². The first-order valence-electron chi connectivity index (χ1n) is 7.70. The Bertz CT molecular complexity index is 521. The second kappa shape index (κ2) is 6.78. The predicted octanol–water partition coefficient (Wildman–Crippen LogP) is 2.81. The second-order valence-corrected chi connectivity index (χ2v) is 6.15. The minimum Gasteiger partial charge on any atom is -0.409 e. The zero-order chi connectivity index (χ0) is 15.4. The van der Waals surface area contributed by atoms with Crippen molar-refractivity contribution in [3.8, 4) is 0 Å². The van der Waals surface area contributed by atoms with Gasteiger partial charge in [0, 0.05) is 19.3 Å². The van der Waals surface area contributed by atoms with Crippen molar-refractivity contribution >= 4 is 11.7 Å². The lowest BCUT2D eigenvalue weighted by atomic mass is 9.89. The van der Waals surface area contributed by atoms with Gasteiger partial charge in [-0.2, -0.15) is 0 Å². The molecule has 1 fully saturated rings. The molecule has 2 rings (SSSR count). The van der Waals surface area contributed by atoms with Crippen LogP contribution in [-0.2, 0) is 0 Å². The third-order valence-corrected chi connectivity index (χ3v) is 4.31. The number of pyridine rings is 1. The first-order chi connectivity index (χ1) is 10.0. The van der Waals surface area contributed by atoms with E-state index in [1.807, 2.05) is 27.0 Å². The van der Waals surface area contributed by atoms with Gasteiger partial charge in [0.15, 0.2) is 5.84 Å². The fourth-order valence-corrected chi connectivity index (χ4v) is 3.30. The molecule has 1 heterocycles. The number of oxime groups is 1. The Kier molecular flexibility index (Phi) is 5.04. The average molecular weight is 290 g/mol. The Morgan fingerprint density at radius 1 is 1.38 bits per heavy atom. The molecule has 0 saturated heterocycles. The number of nitrogens with zero attached hydrogens (tertiary/aromatic N) is 3. The zero-order valence-electron chi connectivity index (χ0n) is 13.3. The fraction of sp³-hybridized carbons (Fsp3) is 0.625. The Hall–Kier alpha value is -1.78. The lowest BCUT2D eigenvalue weighted by molar-refractivity contribution is 0.318. The molecule has 3 N–H and O–H groups in total. The molecule has 0 atom stereocenters. The number of aryl methyl sites for hydroxylation is 2. The molecular formula is C16H26N4O. The van der Waals surface area contributed by atoms with Crippen LogP contribution in [0.2, 0.25) is 0 Å². The molecular weight excluding hydrogens is 264 g/mol. The topological polar surface area (TPSA) is 74.7 Å². The van der Waals surface area contributed by atoms with Crippen molar-refractivity contribution in [1.82, 2.24) is 4.98 Å². The smallest absolute Gasteiger partial charge is 0.174 e. The Balaban J connectivity index is 2.28. The van der Waals surface area contributed by atoms with Gasteiger partial charge in [-0.3, -0.25) is 0 Å². The number of aromatic nitrogens is 1. The molecule has 0 radical (unpaired) electrons. The average Bonchev–Trinajstić information content (AvgIpc) is 2.46. The zero-order valence-corrected chi connectivity index (χ0v) is 13.3. The van der Waals surface area contributed by atoms with E-state index in [4.69, 9.17) is 10.9 Å². The summed E-state index contributed by atoms with van der Waals surface area (Å²) in [6.07, 6.45) is 6.58. The summed E-state index contributed by atoms with van der Waals surface area (Å²) in [6.45, 7) is 4.92. The maximum Gasteiger partial charge on any atom is 0.174 e. The molecule has 1 aliphatic rings. The van der Waals surface area contributed by atoms with Gasteiger partial charge >= 0.3 is 0 Å². The van der Waals surface area contributed by atoms with Crippen molar-refractivity contribution in [2.75, 3.05) is 18.5 Å². The molecule has 0 aliphatic heterocycles. The van der Waals surface area contributed by atoms with Gasteiger partial charge in [-0.1, -0.05) is 24.4 Å². The number of hydrogen-bond acceptors (Lipinski definition) is 4. The molecule has 1 aromatic heterocycles. The Morgan fingerprint density at radius 3 is 2.67 bits per heavy atom. The van der Waals surface area contributed by atoms with Crippen LogP contribution in [0, 0.1) is 19.8 Å². The summed E-state index contributed by atoms with van der Waals surface area (Å²) in [5.74, 6) is 1.66. The summed E-state index contributed by atoms with van der Waals surface area (Å²) in [4.78, 5) is 6.78. The highest BCUT2D eigenvalue weighted by Crippen LogP contribution is 2.27. The van der Waals surface area contributed by atoms with E-state index in [1.165, 1.54) is 32.1 Å². The summed E-state index contributed by atoms with van der Waals surface area (Å²) in [5.41, 5.74) is 8.53. The van der Waals surface area contributed by atoms with Crippen molar-refractivity contribution in [3.05, 3.63) is 22.9 Å². The Labute approximate surface area is 126 Å². The molecule has 0 bridgehead atoms. The van der Waals surface area contributed by atoms with Crippen LogP contribution in [0.3, 0.4) is 0 Å². The molecule has 1 aromatic rings. The maximum absolute atomic E-state index is 9.03. The molecule has 0 aromatic carbocycles. The molecule has 1 saturated carbocycles. The van der Waals surface area contributed by atoms with Crippen LogP contribution in [0.5, 0.6) is 0 Å². The molecule has 1 aliphatic carbocycles. The van der Waals surface area contributed by atoms with E-state index >= 15 is 0 Å². The van der Waals surface area contributed by atoms with Gasteiger partial charge in [-0.15, -0.1) is 0 Å². The van der Waals surface area contributed by atoms with E-state index < -0.39 is 0 Å². The summed E-state index contributed by atoms with van der Waals surface area (Å²) in [7, 11) is 2.05. The van der Waals surface area contributed by atoms with Crippen LogP contribution in [0.1, 0.15) is 48.9 Å². The highest BCUT2D eigenvalue weighted by Gasteiger charge is 2.20. The third-order valence-electron chi connectivity index (χ3n) is 4.31. The number of rotatable bonds is 4. The van der Waals surface area contributed by atoms with Gasteiger partial charge in [0.25, 0.3) is 0 Å². The van der Waals surface area contributed by atoms with Gasteiger partial charge in [0.2, 0.25) is 0 Å². The van der Waals surface area contributed by atoms with Crippen molar-refractivity contribution in [2.24, 2.45) is 16.8 Å². The van der Waals surface area contributed by atoms with Gasteiger partial charge in [0.05, 0.1) is 5.56 Å². The third kappa shape index (κ3) is 3.65. The first kappa shape index (κ1) is 15.6. The monoisotopic (exact) mass is 290 g/mol. The molecule has 116 valence electrons. The summed E-state index contributed by atoms with van der Waals surface area (Å²) in [5, 5.41) is 12.2. The van der Waals surface area contributed by atoms with E-state index in [0.717, 1.165) is 29.2 Å². The normalized spacial score (nSPS) is 17.0. The predicted molar refractivity (Wildman–Crippen MR) is 86.1 cm³/mol. The van der Waals surface area contributed by atoms with Gasteiger partial charge in [0.1, 0.15) is 5.82 Å². The fourth-order valence-electron chi connectivity index (χ4n) is 3.30. The second-order valence-electron chi connectivity index (χ2n) is 6.15. The quantitative estimate of drug-likeness (QED) is 0.387. The lowest BCUT2D eigenvalue weighted by Gasteiger charge is -2.29. The lowest BCUT2D eigenvalue weighted by Crippen LogP contribution is -2.30. The number of amidine groups is 1. The molecule has 21 heavy (non-hydrogen) atoms. The highest BCUT2D eigenvalue weighted by atomic mass is 16.4. The first-order valence-corrected chi connectivity index (χ1v) is 7.70. The summed E-state index contributed by atoms with van der Waals surface area (Å²) < 4.78 is 0. The highest BCUT2D eigenvalue weighted by molar-refractivity contribution is 6.02. The van der Waals surface area contributed by atoms with Gasteiger partial charge < -0.3 is 15.8 Å². The van der Waals surface area contributed by atoms with E-state index in [2.05, 4.69) is 15.0 Å². The van der Waals surface area contributed by atoms with Crippen LogP contribution in [0.4, 0.5) is 5.82 Å². The molecule has 5 nitrogen and oxygen atoms in total. The van der Waals surface area contributed by atoms with E-state index in [0.29, 0.717) is 5.92 Å². The van der Waals surface area contributed by atoms with E-state index in [1.54, 1.807) is 0 Å². The van der Waals surface area contributed by atoms with Crippen LogP contribution in [0.15, 0.2) is 11.2 Å². The van der Waals surface area contributed by atoms with Crippen LogP contribution in [-0.4, -0.2) is 29.6 Å². The minimum atomic E-state index is 0.130. The van der Waals surface area contributed by atoms with Crippen LogP contribution < -0.4 is 10.6 Å². The summed E-state index contributed by atoms with van der Waals surface area (Å²) in [6, 6.07) is 1.96. The molecule has 5 heteroatoms.